The molecule has 4 rings (SSSR count). The predicted octanol–water partition coefficient (Wildman–Crippen LogP) is 4.53. The summed E-state index contributed by atoms with van der Waals surface area (Å²) in [6.45, 7) is 0. The molecule has 1 aliphatic rings. The second-order valence-electron chi connectivity index (χ2n) is 5.80. The van der Waals surface area contributed by atoms with Crippen molar-refractivity contribution in [2.75, 3.05) is 5.32 Å². The molecule has 0 bridgehead atoms. The third-order valence-corrected chi connectivity index (χ3v) is 5.21. The molecule has 1 amide bonds. The van der Waals surface area contributed by atoms with Crippen LogP contribution in [0, 0.1) is 0 Å². The van der Waals surface area contributed by atoms with Crippen molar-refractivity contribution in [1.82, 2.24) is 9.97 Å². The van der Waals surface area contributed by atoms with Crippen LogP contribution in [0.25, 0.3) is 11.4 Å². The molecule has 0 atom stereocenters. The van der Waals surface area contributed by atoms with Gasteiger partial charge in [-0.25, -0.2) is 4.98 Å². The Morgan fingerprint density at radius 1 is 1.17 bits per heavy atom. The number of nitrogens with zero attached hydrogens (tertiary/aromatic N) is 2. The van der Waals surface area contributed by atoms with Crippen molar-refractivity contribution in [1.29, 1.82) is 0 Å². The summed E-state index contributed by atoms with van der Waals surface area (Å²) in [5, 5.41) is 6.09. The Balaban J connectivity index is 1.54. The molecule has 0 saturated heterocycles. The number of anilines is 1. The van der Waals surface area contributed by atoms with Gasteiger partial charge in [0.05, 0.1) is 11.1 Å². The average molecular weight is 356 g/mol. The maximum Gasteiger partial charge on any atom is 0.236 e. The lowest BCUT2D eigenvalue weighted by Crippen LogP contribution is -2.27. The summed E-state index contributed by atoms with van der Waals surface area (Å²) in [5.41, 5.74) is 2.06. The minimum Gasteiger partial charge on any atom is -0.301 e. The Bertz CT molecular complexity index is 890. The molecule has 6 heteroatoms. The summed E-state index contributed by atoms with van der Waals surface area (Å²) in [4.78, 5) is 21.5. The van der Waals surface area contributed by atoms with Crippen molar-refractivity contribution in [2.24, 2.45) is 0 Å². The number of nitrogens with one attached hydrogen (secondary N) is 1. The van der Waals surface area contributed by atoms with Gasteiger partial charge >= 0.3 is 0 Å². The van der Waals surface area contributed by atoms with Gasteiger partial charge in [-0.05, 0) is 42.7 Å². The summed E-state index contributed by atoms with van der Waals surface area (Å²) >= 11 is 7.47. The van der Waals surface area contributed by atoms with Gasteiger partial charge < -0.3 is 5.32 Å². The van der Waals surface area contributed by atoms with Crippen molar-refractivity contribution in [3.05, 3.63) is 64.6 Å². The van der Waals surface area contributed by atoms with E-state index in [1.165, 1.54) is 11.3 Å². The van der Waals surface area contributed by atoms with Gasteiger partial charge in [-0.15, -0.1) is 11.3 Å². The molecule has 0 spiro atoms. The largest absolute Gasteiger partial charge is 0.301 e. The van der Waals surface area contributed by atoms with E-state index in [1.807, 2.05) is 47.8 Å². The SMILES string of the molecule is O=C(Nc1nc(-c2ccccn2)cs1)C1(c2cccc(Cl)c2)CC1. The molecular weight excluding hydrogens is 342 g/mol. The highest BCUT2D eigenvalue weighted by molar-refractivity contribution is 7.14. The lowest BCUT2D eigenvalue weighted by molar-refractivity contribution is -0.118. The molecule has 1 saturated carbocycles. The van der Waals surface area contributed by atoms with E-state index in [2.05, 4.69) is 15.3 Å². The molecule has 2 heterocycles. The van der Waals surface area contributed by atoms with Crippen LogP contribution in [0.5, 0.6) is 0 Å². The average Bonchev–Trinajstić information content (AvgIpc) is 3.30. The zero-order chi connectivity index (χ0) is 16.6. The van der Waals surface area contributed by atoms with E-state index >= 15 is 0 Å². The zero-order valence-corrected chi connectivity index (χ0v) is 14.3. The quantitative estimate of drug-likeness (QED) is 0.748. The predicted molar refractivity (Wildman–Crippen MR) is 96.3 cm³/mol. The van der Waals surface area contributed by atoms with Gasteiger partial charge in [0.25, 0.3) is 0 Å². The van der Waals surface area contributed by atoms with Crippen LogP contribution < -0.4 is 5.32 Å². The number of rotatable bonds is 4. The molecule has 24 heavy (non-hydrogen) atoms. The lowest BCUT2D eigenvalue weighted by Gasteiger charge is -2.14. The van der Waals surface area contributed by atoms with Crippen molar-refractivity contribution in [2.45, 2.75) is 18.3 Å². The van der Waals surface area contributed by atoms with E-state index in [0.717, 1.165) is 29.8 Å². The number of thiazole rings is 1. The van der Waals surface area contributed by atoms with E-state index < -0.39 is 5.41 Å². The molecule has 1 aliphatic carbocycles. The van der Waals surface area contributed by atoms with E-state index in [9.17, 15) is 4.79 Å². The number of pyridine rings is 1. The molecule has 0 unspecified atom stereocenters. The molecule has 1 N–H and O–H groups in total. The zero-order valence-electron chi connectivity index (χ0n) is 12.7. The third kappa shape index (κ3) is 2.81. The Kier molecular flexibility index (Phi) is 3.82. The molecule has 2 aromatic heterocycles. The van der Waals surface area contributed by atoms with E-state index in [1.54, 1.807) is 6.20 Å². The van der Waals surface area contributed by atoms with Crippen molar-refractivity contribution >= 4 is 34.0 Å². The standard InChI is InChI=1S/C18H14ClN3OS/c19-13-5-3-4-12(10-13)18(7-8-18)16(23)22-17-21-15(11-24-17)14-6-1-2-9-20-14/h1-6,9-11H,7-8H2,(H,21,22,23). The lowest BCUT2D eigenvalue weighted by atomic mass is 9.95. The maximum absolute atomic E-state index is 12.8. The van der Waals surface area contributed by atoms with Crippen LogP contribution in [-0.2, 0) is 10.2 Å². The van der Waals surface area contributed by atoms with Crippen molar-refractivity contribution in [3.63, 3.8) is 0 Å². The summed E-state index contributed by atoms with van der Waals surface area (Å²) in [6, 6.07) is 13.2. The summed E-state index contributed by atoms with van der Waals surface area (Å²) < 4.78 is 0. The number of amides is 1. The number of carbonyl (C=O) groups excluding carboxylic acids is 1. The second-order valence-corrected chi connectivity index (χ2v) is 7.09. The number of carbonyl (C=O) groups is 1. The Morgan fingerprint density at radius 3 is 2.75 bits per heavy atom. The van der Waals surface area contributed by atoms with E-state index in [0.29, 0.717) is 10.2 Å². The summed E-state index contributed by atoms with van der Waals surface area (Å²) in [6.07, 6.45) is 3.39. The molecule has 3 aromatic rings. The van der Waals surface area contributed by atoms with Gasteiger partial charge in [0, 0.05) is 16.6 Å². The highest BCUT2D eigenvalue weighted by atomic mass is 35.5. The number of halogens is 1. The first-order valence-corrected chi connectivity index (χ1v) is 8.88. The Labute approximate surface area is 148 Å². The second kappa shape index (κ2) is 6.00. The normalized spacial score (nSPS) is 15.0. The topological polar surface area (TPSA) is 54.9 Å². The number of aromatic nitrogens is 2. The molecule has 120 valence electrons. The fourth-order valence-electron chi connectivity index (χ4n) is 2.74. The van der Waals surface area contributed by atoms with Gasteiger partial charge in [0.2, 0.25) is 5.91 Å². The van der Waals surface area contributed by atoms with Crippen LogP contribution in [-0.4, -0.2) is 15.9 Å². The van der Waals surface area contributed by atoms with Crippen LogP contribution in [0.4, 0.5) is 5.13 Å². The molecule has 0 aliphatic heterocycles. The first-order valence-electron chi connectivity index (χ1n) is 7.62. The van der Waals surface area contributed by atoms with Crippen LogP contribution in [0.2, 0.25) is 5.02 Å². The number of benzene rings is 1. The Hall–Kier alpha value is -2.24. The molecular formula is C18H14ClN3OS. The number of hydrogen-bond acceptors (Lipinski definition) is 4. The fourth-order valence-corrected chi connectivity index (χ4v) is 3.63. The van der Waals surface area contributed by atoms with Gasteiger partial charge in [-0.1, -0.05) is 29.8 Å². The van der Waals surface area contributed by atoms with Gasteiger partial charge in [0.1, 0.15) is 5.69 Å². The highest BCUT2D eigenvalue weighted by Crippen LogP contribution is 2.49. The van der Waals surface area contributed by atoms with Gasteiger partial charge in [0.15, 0.2) is 5.13 Å². The third-order valence-electron chi connectivity index (χ3n) is 4.21. The molecule has 1 fully saturated rings. The van der Waals surface area contributed by atoms with Gasteiger partial charge in [-0.2, -0.15) is 0 Å². The highest BCUT2D eigenvalue weighted by Gasteiger charge is 2.51. The van der Waals surface area contributed by atoms with Crippen molar-refractivity contribution in [3.8, 4) is 11.4 Å². The smallest absolute Gasteiger partial charge is 0.236 e. The minimum absolute atomic E-state index is 0.0216. The van der Waals surface area contributed by atoms with Gasteiger partial charge in [-0.3, -0.25) is 9.78 Å². The minimum atomic E-state index is -0.471. The number of hydrogen-bond donors (Lipinski definition) is 1. The van der Waals surface area contributed by atoms with E-state index in [-0.39, 0.29) is 5.91 Å². The molecule has 0 radical (unpaired) electrons. The van der Waals surface area contributed by atoms with Crippen LogP contribution in [0.15, 0.2) is 54.0 Å². The first kappa shape index (κ1) is 15.3. The van der Waals surface area contributed by atoms with Crippen LogP contribution in [0.3, 0.4) is 0 Å². The van der Waals surface area contributed by atoms with Crippen molar-refractivity contribution < 1.29 is 4.79 Å². The summed E-state index contributed by atoms with van der Waals surface area (Å²) in [5.74, 6) is -0.0216. The monoisotopic (exact) mass is 355 g/mol. The maximum atomic E-state index is 12.8. The van der Waals surface area contributed by atoms with Crippen LogP contribution >= 0.6 is 22.9 Å². The molecule has 1 aromatic carbocycles. The fraction of sp³-hybridized carbons (Fsp3) is 0.167. The van der Waals surface area contributed by atoms with E-state index in [4.69, 9.17) is 11.6 Å². The summed E-state index contributed by atoms with van der Waals surface area (Å²) in [7, 11) is 0. The Morgan fingerprint density at radius 2 is 2.04 bits per heavy atom. The molecule has 4 nitrogen and oxygen atoms in total. The van der Waals surface area contributed by atoms with Crippen LogP contribution in [0.1, 0.15) is 18.4 Å². The first-order chi connectivity index (χ1) is 11.7.